The lowest BCUT2D eigenvalue weighted by molar-refractivity contribution is -0.139. The first-order valence-corrected chi connectivity index (χ1v) is 5.18. The molecule has 0 aromatic carbocycles. The SMILES string of the molecule is C=CC(=O)OCCOCCCCCC. The van der Waals surface area contributed by atoms with Gasteiger partial charge in [0, 0.05) is 12.7 Å². The van der Waals surface area contributed by atoms with Gasteiger partial charge >= 0.3 is 5.97 Å². The van der Waals surface area contributed by atoms with Crippen LogP contribution in [0, 0.1) is 0 Å². The highest BCUT2D eigenvalue weighted by Crippen LogP contribution is 1.98. The second-order valence-electron chi connectivity index (χ2n) is 3.04. The number of ether oxygens (including phenoxy) is 2. The monoisotopic (exact) mass is 200 g/mol. The molecule has 0 heterocycles. The van der Waals surface area contributed by atoms with Gasteiger partial charge in [-0.15, -0.1) is 0 Å². The predicted octanol–water partition coefficient (Wildman–Crippen LogP) is 2.31. The van der Waals surface area contributed by atoms with Gasteiger partial charge in [0.15, 0.2) is 0 Å². The molecule has 0 N–H and O–H groups in total. The Labute approximate surface area is 86.1 Å². The minimum absolute atomic E-state index is 0.318. The van der Waals surface area contributed by atoms with E-state index >= 15 is 0 Å². The van der Waals surface area contributed by atoms with E-state index in [9.17, 15) is 4.79 Å². The number of carbonyl (C=O) groups excluding carboxylic acids is 1. The molecule has 82 valence electrons. The van der Waals surface area contributed by atoms with E-state index in [0.29, 0.717) is 13.2 Å². The van der Waals surface area contributed by atoms with Crippen LogP contribution in [0.2, 0.25) is 0 Å². The summed E-state index contributed by atoms with van der Waals surface area (Å²) in [6.07, 6.45) is 5.94. The first kappa shape index (κ1) is 13.2. The molecular formula is C11H20O3. The maximum absolute atomic E-state index is 10.6. The molecule has 0 amide bonds. The molecule has 0 bridgehead atoms. The van der Waals surface area contributed by atoms with Gasteiger partial charge in [-0.3, -0.25) is 0 Å². The van der Waals surface area contributed by atoms with Crippen molar-refractivity contribution in [2.75, 3.05) is 19.8 Å². The maximum atomic E-state index is 10.6. The van der Waals surface area contributed by atoms with E-state index in [-0.39, 0.29) is 5.97 Å². The van der Waals surface area contributed by atoms with Gasteiger partial charge in [0.05, 0.1) is 6.61 Å². The van der Waals surface area contributed by atoms with Crippen LogP contribution in [0.25, 0.3) is 0 Å². The fraction of sp³-hybridized carbons (Fsp3) is 0.727. The van der Waals surface area contributed by atoms with E-state index in [0.717, 1.165) is 19.1 Å². The average molecular weight is 200 g/mol. The van der Waals surface area contributed by atoms with Crippen molar-refractivity contribution < 1.29 is 14.3 Å². The molecule has 0 radical (unpaired) electrons. The van der Waals surface area contributed by atoms with Gasteiger partial charge in [-0.25, -0.2) is 4.79 Å². The summed E-state index contributed by atoms with van der Waals surface area (Å²) in [6, 6.07) is 0. The highest BCUT2D eigenvalue weighted by molar-refractivity contribution is 5.81. The number of unbranched alkanes of at least 4 members (excludes halogenated alkanes) is 3. The van der Waals surface area contributed by atoms with Crippen LogP contribution in [-0.2, 0) is 14.3 Å². The third kappa shape index (κ3) is 9.26. The highest BCUT2D eigenvalue weighted by atomic mass is 16.6. The van der Waals surface area contributed by atoms with E-state index < -0.39 is 0 Å². The predicted molar refractivity (Wildman–Crippen MR) is 56.1 cm³/mol. The number of hydrogen-bond donors (Lipinski definition) is 0. The van der Waals surface area contributed by atoms with Crippen LogP contribution in [0.4, 0.5) is 0 Å². The third-order valence-corrected chi connectivity index (χ3v) is 1.78. The van der Waals surface area contributed by atoms with E-state index in [1.54, 1.807) is 0 Å². The third-order valence-electron chi connectivity index (χ3n) is 1.78. The summed E-state index contributed by atoms with van der Waals surface area (Å²) >= 11 is 0. The summed E-state index contributed by atoms with van der Waals surface area (Å²) in [6.45, 7) is 7.02. The van der Waals surface area contributed by atoms with Crippen molar-refractivity contribution in [3.05, 3.63) is 12.7 Å². The standard InChI is InChI=1S/C11H20O3/c1-3-5-6-7-8-13-9-10-14-11(12)4-2/h4H,2-3,5-10H2,1H3. The van der Waals surface area contributed by atoms with Crippen molar-refractivity contribution in [2.24, 2.45) is 0 Å². The Kier molecular flexibility index (Phi) is 9.64. The molecule has 0 aliphatic carbocycles. The molecule has 0 saturated heterocycles. The van der Waals surface area contributed by atoms with Crippen molar-refractivity contribution in [3.63, 3.8) is 0 Å². The fourth-order valence-corrected chi connectivity index (χ4v) is 0.993. The first-order chi connectivity index (χ1) is 6.81. The second-order valence-corrected chi connectivity index (χ2v) is 3.04. The Morgan fingerprint density at radius 2 is 2.00 bits per heavy atom. The first-order valence-electron chi connectivity index (χ1n) is 5.18. The molecular weight excluding hydrogens is 180 g/mol. The molecule has 0 spiro atoms. The van der Waals surface area contributed by atoms with Gasteiger partial charge in [0.2, 0.25) is 0 Å². The summed E-state index contributed by atoms with van der Waals surface area (Å²) in [4.78, 5) is 10.6. The van der Waals surface area contributed by atoms with Crippen molar-refractivity contribution >= 4 is 5.97 Å². The molecule has 0 saturated carbocycles. The summed E-state index contributed by atoms with van der Waals surface area (Å²) in [5.41, 5.74) is 0. The maximum Gasteiger partial charge on any atom is 0.330 e. The molecule has 0 fully saturated rings. The van der Waals surface area contributed by atoms with Gasteiger partial charge < -0.3 is 9.47 Å². The summed E-state index contributed by atoms with van der Waals surface area (Å²) in [7, 11) is 0. The topological polar surface area (TPSA) is 35.5 Å². The zero-order chi connectivity index (χ0) is 10.6. The minimum Gasteiger partial charge on any atom is -0.460 e. The van der Waals surface area contributed by atoms with E-state index in [1.165, 1.54) is 19.3 Å². The zero-order valence-electron chi connectivity index (χ0n) is 8.96. The Morgan fingerprint density at radius 3 is 2.64 bits per heavy atom. The molecule has 3 heteroatoms. The summed E-state index contributed by atoms with van der Waals surface area (Å²) in [5.74, 6) is -0.389. The van der Waals surface area contributed by atoms with Crippen LogP contribution in [-0.4, -0.2) is 25.8 Å². The Hall–Kier alpha value is -0.830. The van der Waals surface area contributed by atoms with Gasteiger partial charge in [-0.2, -0.15) is 0 Å². The molecule has 0 aromatic heterocycles. The molecule has 0 unspecified atom stereocenters. The second kappa shape index (κ2) is 10.3. The van der Waals surface area contributed by atoms with Crippen LogP contribution in [0.5, 0.6) is 0 Å². The Balaban J connectivity index is 2.99. The Bertz CT molecular complexity index is 155. The largest absolute Gasteiger partial charge is 0.460 e. The van der Waals surface area contributed by atoms with Crippen LogP contribution in [0.3, 0.4) is 0 Å². The van der Waals surface area contributed by atoms with Gasteiger partial charge in [0.25, 0.3) is 0 Å². The van der Waals surface area contributed by atoms with Crippen molar-refractivity contribution in [1.82, 2.24) is 0 Å². The highest BCUT2D eigenvalue weighted by Gasteiger charge is 1.94. The van der Waals surface area contributed by atoms with Crippen molar-refractivity contribution in [1.29, 1.82) is 0 Å². The smallest absolute Gasteiger partial charge is 0.330 e. The van der Waals surface area contributed by atoms with E-state index in [4.69, 9.17) is 9.47 Å². The molecule has 0 atom stereocenters. The fourth-order valence-electron chi connectivity index (χ4n) is 0.993. The van der Waals surface area contributed by atoms with Crippen molar-refractivity contribution in [2.45, 2.75) is 32.6 Å². The van der Waals surface area contributed by atoms with Gasteiger partial charge in [0.1, 0.15) is 6.61 Å². The van der Waals surface area contributed by atoms with Crippen LogP contribution in [0.1, 0.15) is 32.6 Å². The van der Waals surface area contributed by atoms with E-state index in [2.05, 4.69) is 13.5 Å². The quantitative estimate of drug-likeness (QED) is 0.325. The van der Waals surface area contributed by atoms with Gasteiger partial charge in [-0.05, 0) is 6.42 Å². The van der Waals surface area contributed by atoms with Gasteiger partial charge in [-0.1, -0.05) is 32.8 Å². The number of esters is 1. The average Bonchev–Trinajstić information content (AvgIpc) is 2.21. The normalized spacial score (nSPS) is 9.79. The van der Waals surface area contributed by atoms with Crippen LogP contribution in [0.15, 0.2) is 12.7 Å². The van der Waals surface area contributed by atoms with Crippen LogP contribution < -0.4 is 0 Å². The lowest BCUT2D eigenvalue weighted by atomic mass is 10.2. The molecule has 0 aromatic rings. The summed E-state index contributed by atoms with van der Waals surface area (Å²) in [5, 5.41) is 0. The number of hydrogen-bond acceptors (Lipinski definition) is 3. The minimum atomic E-state index is -0.389. The van der Waals surface area contributed by atoms with E-state index in [1.807, 2.05) is 0 Å². The molecule has 0 aliphatic rings. The lowest BCUT2D eigenvalue weighted by Crippen LogP contribution is -2.08. The number of carbonyl (C=O) groups is 1. The Morgan fingerprint density at radius 1 is 1.21 bits per heavy atom. The number of rotatable bonds is 9. The molecule has 14 heavy (non-hydrogen) atoms. The molecule has 0 rings (SSSR count). The zero-order valence-corrected chi connectivity index (χ0v) is 8.96. The van der Waals surface area contributed by atoms with Crippen LogP contribution >= 0.6 is 0 Å². The molecule has 0 aliphatic heterocycles. The van der Waals surface area contributed by atoms with Crippen molar-refractivity contribution in [3.8, 4) is 0 Å². The molecule has 3 nitrogen and oxygen atoms in total. The summed E-state index contributed by atoms with van der Waals surface area (Å²) < 4.78 is 10.0. The lowest BCUT2D eigenvalue weighted by Gasteiger charge is -2.03.